The van der Waals surface area contributed by atoms with E-state index in [1.807, 2.05) is 0 Å². The molecule has 0 radical (unpaired) electrons. The lowest BCUT2D eigenvalue weighted by molar-refractivity contribution is 0.186. The quantitative estimate of drug-likeness (QED) is 0.458. The summed E-state index contributed by atoms with van der Waals surface area (Å²) in [6.07, 6.45) is 7.15. The van der Waals surface area contributed by atoms with Crippen molar-refractivity contribution in [1.82, 2.24) is 0 Å². The zero-order valence-electron chi connectivity index (χ0n) is 4.89. The molecule has 0 spiro atoms. The molecule has 0 aromatic rings. The fourth-order valence-corrected chi connectivity index (χ4v) is 0.911. The van der Waals surface area contributed by atoms with Gasteiger partial charge in [0.25, 0.3) is 0 Å². The zero-order chi connectivity index (χ0) is 5.82. The lowest BCUT2D eigenvalue weighted by Crippen LogP contribution is -1.95. The van der Waals surface area contributed by atoms with Gasteiger partial charge in [-0.05, 0) is 12.3 Å². The number of rotatable bonds is 1. The highest BCUT2D eigenvalue weighted by Gasteiger charge is 2.12. The van der Waals surface area contributed by atoms with E-state index in [0.717, 1.165) is 26.1 Å². The van der Waals surface area contributed by atoms with Crippen LogP contribution in [0.15, 0.2) is 0 Å². The molecule has 0 aromatic carbocycles. The summed E-state index contributed by atoms with van der Waals surface area (Å²) in [5, 5.41) is 0. The average Bonchev–Trinajstić information content (AvgIpc) is 2.19. The summed E-state index contributed by atoms with van der Waals surface area (Å²) >= 11 is 0. The molecule has 1 nitrogen and oxygen atoms in total. The van der Waals surface area contributed by atoms with Crippen molar-refractivity contribution in [3.8, 4) is 12.3 Å². The smallest absolute Gasteiger partial charge is 0.0504 e. The van der Waals surface area contributed by atoms with E-state index in [0.29, 0.717) is 5.92 Å². The Hall–Kier alpha value is -0.480. The van der Waals surface area contributed by atoms with Crippen molar-refractivity contribution in [3.63, 3.8) is 0 Å². The molecule has 0 amide bonds. The van der Waals surface area contributed by atoms with Crippen molar-refractivity contribution < 1.29 is 4.74 Å². The molecule has 0 saturated carbocycles. The molecule has 1 heterocycles. The SMILES string of the molecule is C#CCC1CCOC1. The first kappa shape index (κ1) is 5.65. The van der Waals surface area contributed by atoms with Gasteiger partial charge in [0, 0.05) is 13.0 Å². The van der Waals surface area contributed by atoms with Crippen LogP contribution in [0.1, 0.15) is 12.8 Å². The Balaban J connectivity index is 2.17. The van der Waals surface area contributed by atoms with Crippen LogP contribution < -0.4 is 0 Å². The summed E-state index contributed by atoms with van der Waals surface area (Å²) in [6.45, 7) is 1.79. The van der Waals surface area contributed by atoms with Gasteiger partial charge in [0.2, 0.25) is 0 Å². The first-order valence-corrected chi connectivity index (χ1v) is 2.94. The molecule has 1 aliphatic rings. The molecule has 0 N–H and O–H groups in total. The Kier molecular flexibility index (Phi) is 1.93. The number of hydrogen-bond donors (Lipinski definition) is 0. The Morgan fingerprint density at radius 2 is 2.62 bits per heavy atom. The second-order valence-electron chi connectivity index (χ2n) is 2.14. The predicted molar refractivity (Wildman–Crippen MR) is 32.4 cm³/mol. The highest BCUT2D eigenvalue weighted by Crippen LogP contribution is 2.14. The Labute approximate surface area is 50.0 Å². The zero-order valence-corrected chi connectivity index (χ0v) is 4.89. The minimum absolute atomic E-state index is 0.653. The van der Waals surface area contributed by atoms with E-state index < -0.39 is 0 Å². The maximum absolute atomic E-state index is 5.11. The molecule has 1 aliphatic heterocycles. The summed E-state index contributed by atoms with van der Waals surface area (Å²) in [4.78, 5) is 0. The van der Waals surface area contributed by atoms with Crippen LogP contribution >= 0.6 is 0 Å². The molecule has 1 unspecified atom stereocenters. The van der Waals surface area contributed by atoms with Crippen LogP contribution in [0.3, 0.4) is 0 Å². The first-order chi connectivity index (χ1) is 3.93. The van der Waals surface area contributed by atoms with Gasteiger partial charge < -0.3 is 4.74 Å². The van der Waals surface area contributed by atoms with Gasteiger partial charge in [-0.2, -0.15) is 0 Å². The van der Waals surface area contributed by atoms with Crippen molar-refractivity contribution >= 4 is 0 Å². The highest BCUT2D eigenvalue weighted by atomic mass is 16.5. The molecule has 44 valence electrons. The molecular formula is C7H10O. The summed E-state index contributed by atoms with van der Waals surface area (Å²) < 4.78 is 5.11. The molecule has 1 fully saturated rings. The van der Waals surface area contributed by atoms with Gasteiger partial charge in [0.05, 0.1) is 6.61 Å². The van der Waals surface area contributed by atoms with Crippen molar-refractivity contribution in [2.75, 3.05) is 13.2 Å². The third kappa shape index (κ3) is 1.24. The van der Waals surface area contributed by atoms with E-state index in [1.54, 1.807) is 0 Å². The third-order valence-electron chi connectivity index (χ3n) is 1.43. The first-order valence-electron chi connectivity index (χ1n) is 2.94. The van der Waals surface area contributed by atoms with Crippen LogP contribution in [-0.2, 0) is 4.74 Å². The standard InChI is InChI=1S/C7H10O/c1-2-3-7-4-5-8-6-7/h1,7H,3-6H2. The molecule has 0 aliphatic carbocycles. The Morgan fingerprint density at radius 1 is 1.75 bits per heavy atom. The largest absolute Gasteiger partial charge is 0.381 e. The van der Waals surface area contributed by atoms with Crippen LogP contribution in [0.25, 0.3) is 0 Å². The van der Waals surface area contributed by atoms with E-state index in [1.165, 1.54) is 0 Å². The molecule has 0 aromatic heterocycles. The second kappa shape index (κ2) is 2.74. The normalized spacial score (nSPS) is 27.6. The second-order valence-corrected chi connectivity index (χ2v) is 2.14. The van der Waals surface area contributed by atoms with Gasteiger partial charge in [0.15, 0.2) is 0 Å². The Bertz CT molecular complexity index is 95.4. The average molecular weight is 110 g/mol. The van der Waals surface area contributed by atoms with Crippen LogP contribution in [0, 0.1) is 18.3 Å². The van der Waals surface area contributed by atoms with Gasteiger partial charge in [0.1, 0.15) is 0 Å². The highest BCUT2D eigenvalue weighted by molar-refractivity contribution is 4.87. The fraction of sp³-hybridized carbons (Fsp3) is 0.714. The summed E-state index contributed by atoms with van der Waals surface area (Å²) in [5.74, 6) is 3.28. The topological polar surface area (TPSA) is 9.23 Å². The predicted octanol–water partition coefficient (Wildman–Crippen LogP) is 1.05. The molecule has 8 heavy (non-hydrogen) atoms. The number of ether oxygens (including phenoxy) is 1. The molecule has 1 heteroatoms. The monoisotopic (exact) mass is 110 g/mol. The van der Waals surface area contributed by atoms with Gasteiger partial charge in [-0.3, -0.25) is 0 Å². The summed E-state index contributed by atoms with van der Waals surface area (Å²) in [5.41, 5.74) is 0. The number of terminal acetylenes is 1. The van der Waals surface area contributed by atoms with E-state index >= 15 is 0 Å². The molecule has 1 rings (SSSR count). The summed E-state index contributed by atoms with van der Waals surface area (Å²) in [7, 11) is 0. The maximum Gasteiger partial charge on any atom is 0.0504 e. The lowest BCUT2D eigenvalue weighted by atomic mass is 10.1. The fourth-order valence-electron chi connectivity index (χ4n) is 0.911. The molecule has 1 saturated heterocycles. The van der Waals surface area contributed by atoms with Crippen molar-refractivity contribution in [2.24, 2.45) is 5.92 Å². The van der Waals surface area contributed by atoms with Gasteiger partial charge in [-0.25, -0.2) is 0 Å². The lowest BCUT2D eigenvalue weighted by Gasteiger charge is -1.97. The maximum atomic E-state index is 5.11. The van der Waals surface area contributed by atoms with Gasteiger partial charge in [-0.1, -0.05) is 0 Å². The van der Waals surface area contributed by atoms with E-state index in [2.05, 4.69) is 5.92 Å². The minimum atomic E-state index is 0.653. The van der Waals surface area contributed by atoms with Crippen LogP contribution in [0.4, 0.5) is 0 Å². The van der Waals surface area contributed by atoms with E-state index in [4.69, 9.17) is 11.2 Å². The van der Waals surface area contributed by atoms with Gasteiger partial charge in [-0.15, -0.1) is 12.3 Å². The van der Waals surface area contributed by atoms with Crippen molar-refractivity contribution in [2.45, 2.75) is 12.8 Å². The molecular weight excluding hydrogens is 100 g/mol. The van der Waals surface area contributed by atoms with Gasteiger partial charge >= 0.3 is 0 Å². The Morgan fingerprint density at radius 3 is 3.12 bits per heavy atom. The summed E-state index contributed by atoms with van der Waals surface area (Å²) in [6, 6.07) is 0. The van der Waals surface area contributed by atoms with Crippen LogP contribution in [0.2, 0.25) is 0 Å². The molecule has 1 atom stereocenters. The van der Waals surface area contributed by atoms with E-state index in [-0.39, 0.29) is 0 Å². The van der Waals surface area contributed by atoms with Crippen LogP contribution in [-0.4, -0.2) is 13.2 Å². The van der Waals surface area contributed by atoms with Crippen molar-refractivity contribution in [1.29, 1.82) is 0 Å². The van der Waals surface area contributed by atoms with Crippen molar-refractivity contribution in [3.05, 3.63) is 0 Å². The van der Waals surface area contributed by atoms with Crippen LogP contribution in [0.5, 0.6) is 0 Å². The third-order valence-corrected chi connectivity index (χ3v) is 1.43. The minimum Gasteiger partial charge on any atom is -0.381 e. The molecule has 0 bridgehead atoms. The van der Waals surface area contributed by atoms with E-state index in [9.17, 15) is 0 Å². The number of hydrogen-bond acceptors (Lipinski definition) is 1.